The van der Waals surface area contributed by atoms with Crippen molar-refractivity contribution in [1.82, 2.24) is 0 Å². The smallest absolute Gasteiger partial charge is 0.267 e. The molecule has 1 saturated heterocycles. The monoisotopic (exact) mass is 312 g/mol. The lowest BCUT2D eigenvalue weighted by Gasteiger charge is -2.08. The van der Waals surface area contributed by atoms with E-state index in [0.29, 0.717) is 5.02 Å². The summed E-state index contributed by atoms with van der Waals surface area (Å²) in [5.74, 6) is -0.472. The third-order valence-corrected chi connectivity index (χ3v) is 5.09. The van der Waals surface area contributed by atoms with Gasteiger partial charge in [0.1, 0.15) is 11.9 Å². The molecule has 1 atom stereocenters. The molecule has 6 nitrogen and oxygen atoms in total. The lowest BCUT2D eigenvalue weighted by atomic mass is 10.4. The van der Waals surface area contributed by atoms with E-state index in [2.05, 4.69) is 4.18 Å². The summed E-state index contributed by atoms with van der Waals surface area (Å²) in [5.41, 5.74) is 0. The Morgan fingerprint density at radius 1 is 1.28 bits per heavy atom. The molecule has 2 rings (SSSR count). The molecule has 0 amide bonds. The summed E-state index contributed by atoms with van der Waals surface area (Å²) >= 11 is 5.63. The summed E-state index contributed by atoms with van der Waals surface area (Å²) in [6.07, 6.45) is -1.02. The van der Waals surface area contributed by atoms with Crippen LogP contribution in [0.2, 0.25) is 5.02 Å². The van der Waals surface area contributed by atoms with Crippen LogP contribution in [-0.2, 0) is 28.6 Å². The Hall–Kier alpha value is -0.670. The Morgan fingerprint density at radius 2 is 1.89 bits per heavy atom. The summed E-state index contributed by atoms with van der Waals surface area (Å²) < 4.78 is 54.8. The SMILES string of the molecule is O=S1(=O)CC(OS(=O)(=O)c2ccc(Cl)cc2)CO1. The fourth-order valence-corrected chi connectivity index (χ4v) is 3.74. The van der Waals surface area contributed by atoms with Crippen molar-refractivity contribution in [2.24, 2.45) is 0 Å². The van der Waals surface area contributed by atoms with Crippen molar-refractivity contribution in [3.63, 3.8) is 0 Å². The molecule has 1 aliphatic heterocycles. The van der Waals surface area contributed by atoms with Gasteiger partial charge in [0.2, 0.25) is 0 Å². The van der Waals surface area contributed by atoms with Crippen LogP contribution in [0, 0.1) is 0 Å². The van der Waals surface area contributed by atoms with Crippen LogP contribution >= 0.6 is 11.6 Å². The lowest BCUT2D eigenvalue weighted by molar-refractivity contribution is 0.185. The maximum absolute atomic E-state index is 11.8. The molecule has 1 aromatic rings. The van der Waals surface area contributed by atoms with E-state index in [1.54, 1.807) is 0 Å². The molecule has 0 spiro atoms. The minimum atomic E-state index is -4.01. The van der Waals surface area contributed by atoms with Crippen LogP contribution in [0.4, 0.5) is 0 Å². The molecule has 1 heterocycles. The zero-order chi connectivity index (χ0) is 13.4. The third-order valence-electron chi connectivity index (χ3n) is 2.19. The van der Waals surface area contributed by atoms with Gasteiger partial charge in [-0.3, -0.25) is 8.37 Å². The molecule has 0 bridgehead atoms. The number of hydrogen-bond acceptors (Lipinski definition) is 6. The second kappa shape index (κ2) is 4.78. The third kappa shape index (κ3) is 3.21. The first-order valence-corrected chi connectivity index (χ1v) is 8.21. The van der Waals surface area contributed by atoms with Crippen molar-refractivity contribution in [2.45, 2.75) is 11.0 Å². The quantitative estimate of drug-likeness (QED) is 0.766. The highest BCUT2D eigenvalue weighted by Gasteiger charge is 2.34. The van der Waals surface area contributed by atoms with E-state index in [-0.39, 0.29) is 11.5 Å². The Kier molecular flexibility index (Phi) is 3.65. The number of halogens is 1. The van der Waals surface area contributed by atoms with Gasteiger partial charge < -0.3 is 0 Å². The van der Waals surface area contributed by atoms with Gasteiger partial charge in [0.05, 0.1) is 11.5 Å². The number of rotatable bonds is 3. The van der Waals surface area contributed by atoms with Crippen LogP contribution in [0.15, 0.2) is 29.2 Å². The molecule has 0 aromatic heterocycles. The van der Waals surface area contributed by atoms with E-state index in [1.807, 2.05) is 0 Å². The molecule has 0 saturated carbocycles. The fraction of sp³-hybridized carbons (Fsp3) is 0.333. The van der Waals surface area contributed by atoms with Crippen molar-refractivity contribution >= 4 is 31.8 Å². The van der Waals surface area contributed by atoms with Crippen LogP contribution in [0.1, 0.15) is 0 Å². The lowest BCUT2D eigenvalue weighted by Crippen LogP contribution is -2.22. The Balaban J connectivity index is 2.16. The Labute approximate surface area is 110 Å². The molecular formula is C9H9ClO6S2. The van der Waals surface area contributed by atoms with Crippen LogP contribution < -0.4 is 0 Å². The van der Waals surface area contributed by atoms with Crippen LogP contribution in [-0.4, -0.2) is 35.3 Å². The van der Waals surface area contributed by atoms with Gasteiger partial charge in [-0.1, -0.05) is 11.6 Å². The van der Waals surface area contributed by atoms with Crippen molar-refractivity contribution in [3.8, 4) is 0 Å². The van der Waals surface area contributed by atoms with E-state index >= 15 is 0 Å². The van der Waals surface area contributed by atoms with E-state index < -0.39 is 32.1 Å². The normalized spacial score (nSPS) is 23.1. The van der Waals surface area contributed by atoms with Gasteiger partial charge in [-0.15, -0.1) is 0 Å². The average molecular weight is 313 g/mol. The van der Waals surface area contributed by atoms with Crippen molar-refractivity contribution in [1.29, 1.82) is 0 Å². The van der Waals surface area contributed by atoms with E-state index in [0.717, 1.165) is 0 Å². The van der Waals surface area contributed by atoms with Crippen molar-refractivity contribution < 1.29 is 25.2 Å². The minimum Gasteiger partial charge on any atom is -0.267 e. The molecule has 100 valence electrons. The molecule has 1 unspecified atom stereocenters. The summed E-state index contributed by atoms with van der Waals surface area (Å²) in [5, 5.41) is 0.390. The van der Waals surface area contributed by atoms with Gasteiger partial charge in [0.15, 0.2) is 0 Å². The molecule has 1 aromatic carbocycles. The highest BCUT2D eigenvalue weighted by molar-refractivity contribution is 7.87. The predicted octanol–water partition coefficient (Wildman–Crippen LogP) is 0.774. The van der Waals surface area contributed by atoms with Crippen LogP contribution in [0.25, 0.3) is 0 Å². The Bertz CT molecular complexity index is 634. The van der Waals surface area contributed by atoms with Gasteiger partial charge in [0.25, 0.3) is 20.2 Å². The largest absolute Gasteiger partial charge is 0.297 e. The standard InChI is InChI=1S/C9H9ClO6S2/c10-7-1-3-9(4-2-7)18(13,14)16-8-5-15-17(11,12)6-8/h1-4,8H,5-6H2. The fourth-order valence-electron chi connectivity index (χ4n) is 1.39. The molecule has 18 heavy (non-hydrogen) atoms. The van der Waals surface area contributed by atoms with E-state index in [9.17, 15) is 16.8 Å². The molecule has 1 aliphatic rings. The second-order valence-electron chi connectivity index (χ2n) is 3.64. The Morgan fingerprint density at radius 3 is 2.39 bits per heavy atom. The van der Waals surface area contributed by atoms with Gasteiger partial charge in [-0.25, -0.2) is 0 Å². The van der Waals surface area contributed by atoms with Gasteiger partial charge in [-0.2, -0.15) is 16.8 Å². The predicted molar refractivity (Wildman–Crippen MR) is 63.2 cm³/mol. The first-order valence-electron chi connectivity index (χ1n) is 4.84. The molecule has 0 N–H and O–H groups in total. The topological polar surface area (TPSA) is 86.7 Å². The summed E-state index contributed by atoms with van der Waals surface area (Å²) in [7, 11) is -7.68. The van der Waals surface area contributed by atoms with Crippen molar-refractivity contribution in [3.05, 3.63) is 29.3 Å². The molecule has 9 heteroatoms. The maximum atomic E-state index is 11.8. The summed E-state index contributed by atoms with van der Waals surface area (Å²) in [4.78, 5) is -0.0869. The minimum absolute atomic E-state index is 0.0869. The molecule has 0 aliphatic carbocycles. The average Bonchev–Trinajstić information content (AvgIpc) is 2.57. The summed E-state index contributed by atoms with van der Waals surface area (Å²) in [6.45, 7) is -0.296. The highest BCUT2D eigenvalue weighted by Crippen LogP contribution is 2.20. The van der Waals surface area contributed by atoms with Gasteiger partial charge >= 0.3 is 0 Å². The zero-order valence-electron chi connectivity index (χ0n) is 8.94. The molecular weight excluding hydrogens is 304 g/mol. The van der Waals surface area contributed by atoms with Crippen molar-refractivity contribution in [2.75, 3.05) is 12.4 Å². The summed E-state index contributed by atoms with van der Waals surface area (Å²) in [6, 6.07) is 5.36. The van der Waals surface area contributed by atoms with Crippen LogP contribution in [0.3, 0.4) is 0 Å². The van der Waals surface area contributed by atoms with E-state index in [4.69, 9.17) is 15.8 Å². The van der Waals surface area contributed by atoms with Gasteiger partial charge in [0, 0.05) is 5.02 Å². The molecule has 1 fully saturated rings. The zero-order valence-corrected chi connectivity index (χ0v) is 11.3. The first-order chi connectivity index (χ1) is 8.28. The van der Waals surface area contributed by atoms with Crippen LogP contribution in [0.5, 0.6) is 0 Å². The second-order valence-corrected chi connectivity index (χ2v) is 7.33. The number of benzene rings is 1. The molecule has 0 radical (unpaired) electrons. The number of hydrogen-bond donors (Lipinski definition) is 0. The first kappa shape index (κ1) is 13.8. The maximum Gasteiger partial charge on any atom is 0.297 e. The highest BCUT2D eigenvalue weighted by atomic mass is 35.5. The van der Waals surface area contributed by atoms with E-state index in [1.165, 1.54) is 24.3 Å². The van der Waals surface area contributed by atoms with Gasteiger partial charge in [-0.05, 0) is 24.3 Å².